The molecule has 0 atom stereocenters. The van der Waals surface area contributed by atoms with Gasteiger partial charge in [-0.1, -0.05) is 13.8 Å². The van der Waals surface area contributed by atoms with Crippen LogP contribution >= 0.6 is 0 Å². The van der Waals surface area contributed by atoms with Crippen molar-refractivity contribution >= 4 is 5.97 Å². The lowest BCUT2D eigenvalue weighted by atomic mass is 10.1. The minimum absolute atomic E-state index is 0.105. The van der Waals surface area contributed by atoms with Gasteiger partial charge in [-0.25, -0.2) is 4.79 Å². The lowest BCUT2D eigenvalue weighted by molar-refractivity contribution is 0.0691. The first kappa shape index (κ1) is 13.5. The van der Waals surface area contributed by atoms with E-state index in [-0.39, 0.29) is 12.4 Å². The van der Waals surface area contributed by atoms with Crippen LogP contribution in [0.5, 0.6) is 17.2 Å². The van der Waals surface area contributed by atoms with Gasteiger partial charge in [0.25, 0.3) is 0 Å². The maximum absolute atomic E-state index is 11.2. The van der Waals surface area contributed by atoms with Gasteiger partial charge in [-0.2, -0.15) is 0 Å². The summed E-state index contributed by atoms with van der Waals surface area (Å²) in [5, 5.41) is 9.17. The maximum atomic E-state index is 11.2. The molecule has 0 saturated carbocycles. The number of carboxylic acids is 1. The van der Waals surface area contributed by atoms with Crippen molar-refractivity contribution in [3.63, 3.8) is 0 Å². The van der Waals surface area contributed by atoms with E-state index >= 15 is 0 Å². The van der Waals surface area contributed by atoms with Crippen LogP contribution < -0.4 is 14.2 Å². The van der Waals surface area contributed by atoms with Crippen LogP contribution in [-0.2, 0) is 0 Å². The van der Waals surface area contributed by atoms with Gasteiger partial charge in [-0.15, -0.1) is 0 Å². The summed E-state index contributed by atoms with van der Waals surface area (Å²) in [4.78, 5) is 11.2. The topological polar surface area (TPSA) is 65.0 Å². The fourth-order valence-corrected chi connectivity index (χ4v) is 1.88. The third kappa shape index (κ3) is 3.30. The Kier molecular flexibility index (Phi) is 4.14. The van der Waals surface area contributed by atoms with Gasteiger partial charge in [0.05, 0.1) is 6.61 Å². The molecule has 1 aromatic carbocycles. The van der Waals surface area contributed by atoms with Crippen molar-refractivity contribution in [2.75, 3.05) is 13.4 Å². The summed E-state index contributed by atoms with van der Waals surface area (Å²) in [6.07, 6.45) is 1.94. The summed E-state index contributed by atoms with van der Waals surface area (Å²) < 4.78 is 15.9. The van der Waals surface area contributed by atoms with Gasteiger partial charge in [0.1, 0.15) is 11.3 Å². The molecule has 5 heteroatoms. The van der Waals surface area contributed by atoms with Crippen LogP contribution in [0.2, 0.25) is 0 Å². The molecular formula is C14H18O5. The Morgan fingerprint density at radius 3 is 2.68 bits per heavy atom. The lowest BCUT2D eigenvalue weighted by Crippen LogP contribution is -2.05. The lowest BCUT2D eigenvalue weighted by Gasteiger charge is -2.11. The van der Waals surface area contributed by atoms with Crippen LogP contribution in [0.3, 0.4) is 0 Å². The first-order chi connectivity index (χ1) is 9.08. The van der Waals surface area contributed by atoms with Crippen LogP contribution in [0.1, 0.15) is 37.0 Å². The highest BCUT2D eigenvalue weighted by Crippen LogP contribution is 2.38. The molecule has 0 saturated heterocycles. The summed E-state index contributed by atoms with van der Waals surface area (Å²) in [7, 11) is 0. The Hall–Kier alpha value is -1.91. The number of ether oxygens (including phenoxy) is 3. The highest BCUT2D eigenvalue weighted by Gasteiger charge is 2.21. The van der Waals surface area contributed by atoms with Gasteiger partial charge in [-0.3, -0.25) is 0 Å². The molecule has 0 amide bonds. The van der Waals surface area contributed by atoms with Crippen molar-refractivity contribution in [3.8, 4) is 17.2 Å². The summed E-state index contributed by atoms with van der Waals surface area (Å²) in [5.74, 6) is 0.896. The smallest absolute Gasteiger partial charge is 0.339 e. The van der Waals surface area contributed by atoms with Crippen molar-refractivity contribution in [2.24, 2.45) is 5.92 Å². The Morgan fingerprint density at radius 2 is 2.05 bits per heavy atom. The molecule has 104 valence electrons. The molecule has 1 aromatic rings. The summed E-state index contributed by atoms with van der Waals surface area (Å²) in [5.41, 5.74) is 0.105. The molecule has 0 aromatic heterocycles. The van der Waals surface area contributed by atoms with Crippen LogP contribution in [0.25, 0.3) is 0 Å². The average Bonchev–Trinajstić information content (AvgIpc) is 2.80. The molecule has 5 nitrogen and oxygen atoms in total. The average molecular weight is 266 g/mol. The first-order valence-electron chi connectivity index (χ1n) is 6.37. The molecule has 0 aliphatic carbocycles. The zero-order chi connectivity index (χ0) is 13.8. The third-order valence-electron chi connectivity index (χ3n) is 2.89. The molecule has 0 fully saturated rings. The minimum Gasteiger partial charge on any atom is -0.493 e. The normalized spacial score (nSPS) is 12.8. The van der Waals surface area contributed by atoms with Crippen molar-refractivity contribution in [1.82, 2.24) is 0 Å². The van der Waals surface area contributed by atoms with E-state index in [1.165, 1.54) is 6.07 Å². The van der Waals surface area contributed by atoms with Gasteiger partial charge < -0.3 is 19.3 Å². The largest absolute Gasteiger partial charge is 0.493 e. The zero-order valence-corrected chi connectivity index (χ0v) is 11.1. The number of carboxylic acid groups (broad SMARTS) is 1. The van der Waals surface area contributed by atoms with E-state index in [1.807, 2.05) is 0 Å². The van der Waals surface area contributed by atoms with Crippen LogP contribution in [0.4, 0.5) is 0 Å². The third-order valence-corrected chi connectivity index (χ3v) is 2.89. The molecule has 1 aliphatic rings. The number of fused-ring (bicyclic) bond motifs is 1. The Morgan fingerprint density at radius 1 is 1.37 bits per heavy atom. The molecule has 1 heterocycles. The van der Waals surface area contributed by atoms with Crippen LogP contribution in [-0.4, -0.2) is 24.5 Å². The van der Waals surface area contributed by atoms with Gasteiger partial charge in [0.15, 0.2) is 11.5 Å². The molecule has 1 aliphatic heterocycles. The molecule has 2 rings (SSSR count). The quantitative estimate of drug-likeness (QED) is 0.802. The highest BCUT2D eigenvalue weighted by molar-refractivity contribution is 5.92. The second-order valence-electron chi connectivity index (χ2n) is 4.89. The fourth-order valence-electron chi connectivity index (χ4n) is 1.88. The molecular weight excluding hydrogens is 248 g/mol. The van der Waals surface area contributed by atoms with Gasteiger partial charge in [-0.05, 0) is 18.8 Å². The van der Waals surface area contributed by atoms with Crippen LogP contribution in [0.15, 0.2) is 12.1 Å². The van der Waals surface area contributed by atoms with Crippen molar-refractivity contribution in [2.45, 2.75) is 26.7 Å². The number of hydrogen-bond acceptors (Lipinski definition) is 4. The summed E-state index contributed by atoms with van der Waals surface area (Å²) in [6, 6.07) is 3.03. The summed E-state index contributed by atoms with van der Waals surface area (Å²) >= 11 is 0. The number of benzene rings is 1. The molecule has 0 bridgehead atoms. The number of aromatic carboxylic acids is 1. The van der Waals surface area contributed by atoms with Gasteiger partial charge in [0.2, 0.25) is 6.79 Å². The monoisotopic (exact) mass is 266 g/mol. The van der Waals surface area contributed by atoms with E-state index in [9.17, 15) is 4.79 Å². The molecule has 19 heavy (non-hydrogen) atoms. The molecule has 0 spiro atoms. The number of rotatable bonds is 6. The fraction of sp³-hybridized carbons (Fsp3) is 0.500. The molecule has 1 N–H and O–H groups in total. The number of carbonyl (C=O) groups is 1. The predicted molar refractivity (Wildman–Crippen MR) is 69.1 cm³/mol. The minimum atomic E-state index is -1.03. The predicted octanol–water partition coefficient (Wildman–Crippen LogP) is 2.93. The van der Waals surface area contributed by atoms with Gasteiger partial charge in [0, 0.05) is 12.1 Å². The van der Waals surface area contributed by atoms with Crippen LogP contribution in [0, 0.1) is 5.92 Å². The maximum Gasteiger partial charge on any atom is 0.339 e. The Labute approximate surface area is 112 Å². The van der Waals surface area contributed by atoms with Gasteiger partial charge >= 0.3 is 5.97 Å². The van der Waals surface area contributed by atoms with Crippen molar-refractivity contribution in [1.29, 1.82) is 0 Å². The van der Waals surface area contributed by atoms with E-state index in [4.69, 9.17) is 19.3 Å². The van der Waals surface area contributed by atoms with E-state index in [1.54, 1.807) is 6.07 Å². The van der Waals surface area contributed by atoms with E-state index in [2.05, 4.69) is 13.8 Å². The second-order valence-corrected chi connectivity index (χ2v) is 4.89. The van der Waals surface area contributed by atoms with E-state index in [0.717, 1.165) is 12.8 Å². The Balaban J connectivity index is 2.08. The van der Waals surface area contributed by atoms with Crippen molar-refractivity contribution < 1.29 is 24.1 Å². The van der Waals surface area contributed by atoms with E-state index in [0.29, 0.717) is 29.8 Å². The molecule has 0 radical (unpaired) electrons. The molecule has 0 unspecified atom stereocenters. The summed E-state index contributed by atoms with van der Waals surface area (Å²) in [6.45, 7) is 4.90. The zero-order valence-electron chi connectivity index (χ0n) is 11.1. The van der Waals surface area contributed by atoms with Crippen molar-refractivity contribution in [3.05, 3.63) is 17.7 Å². The van der Waals surface area contributed by atoms with E-state index < -0.39 is 5.97 Å². The first-order valence-corrected chi connectivity index (χ1v) is 6.37. The second kappa shape index (κ2) is 5.82. The highest BCUT2D eigenvalue weighted by atomic mass is 16.7. The standard InChI is InChI=1S/C14H18O5/c1-9(2)4-3-5-17-11-7-13-12(18-8-19-13)6-10(11)14(15)16/h6-7,9H,3-5,8H2,1-2H3,(H,15,16). The number of hydrogen-bond donors (Lipinski definition) is 1. The Bertz CT molecular complexity index is 467. The SMILES string of the molecule is CC(C)CCCOc1cc2c(cc1C(=O)O)OCO2.